The van der Waals surface area contributed by atoms with Crippen LogP contribution in [0.3, 0.4) is 0 Å². The lowest BCUT2D eigenvalue weighted by Crippen LogP contribution is -2.64. The summed E-state index contributed by atoms with van der Waals surface area (Å²) >= 11 is 0. The molecule has 5 aliphatic heterocycles. The predicted octanol–water partition coefficient (Wildman–Crippen LogP) is 7.27. The average molecular weight is 1290 g/mol. The molecule has 4 aromatic carbocycles. The maximum atomic E-state index is 15.2. The van der Waals surface area contributed by atoms with Gasteiger partial charge < -0.3 is 54.9 Å². The van der Waals surface area contributed by atoms with Gasteiger partial charge in [0.25, 0.3) is 5.91 Å². The molecule has 0 unspecified atom stereocenters. The number of morpholine rings is 1. The number of para-hydroxylation sites is 1. The third-order valence-corrected chi connectivity index (χ3v) is 17.9. The molecule has 3 fully saturated rings. The Hall–Kier alpha value is -8.13. The van der Waals surface area contributed by atoms with E-state index in [2.05, 4.69) is 38.0 Å². The van der Waals surface area contributed by atoms with Crippen LogP contribution in [-0.2, 0) is 66.1 Å². The zero-order chi connectivity index (χ0) is 67.4. The number of amides is 8. The minimum Gasteiger partial charge on any atom is -0.444 e. The van der Waals surface area contributed by atoms with Gasteiger partial charge in [-0.3, -0.25) is 43.5 Å². The molecule has 5 heterocycles. The summed E-state index contributed by atoms with van der Waals surface area (Å²) in [6.07, 6.45) is -0.153. The van der Waals surface area contributed by atoms with Gasteiger partial charge >= 0.3 is 12.2 Å². The van der Waals surface area contributed by atoms with Crippen molar-refractivity contribution in [2.75, 3.05) is 94.8 Å². The molecule has 0 aromatic heterocycles. The van der Waals surface area contributed by atoms with E-state index in [-0.39, 0.29) is 73.9 Å². The molecule has 0 aliphatic carbocycles. The Labute approximate surface area is 541 Å². The van der Waals surface area contributed by atoms with Gasteiger partial charge in [-0.1, -0.05) is 36.4 Å². The van der Waals surface area contributed by atoms with Gasteiger partial charge in [0.05, 0.1) is 31.7 Å². The molecule has 4 aromatic rings. The summed E-state index contributed by atoms with van der Waals surface area (Å²) in [7, 11) is 1.39. The molecule has 0 bridgehead atoms. The minimum absolute atomic E-state index is 0.0611. The van der Waals surface area contributed by atoms with Crippen LogP contribution in [0, 0.1) is 23.4 Å². The lowest BCUT2D eigenvalue weighted by molar-refractivity contribution is -0.144. The summed E-state index contributed by atoms with van der Waals surface area (Å²) in [5, 5.41) is 10.7. The molecule has 502 valence electrons. The second kappa shape index (κ2) is 28.6. The predicted molar refractivity (Wildman–Crippen MR) is 340 cm³/mol. The van der Waals surface area contributed by atoms with Gasteiger partial charge in [-0.25, -0.2) is 22.8 Å². The standard InChI is InChI=1S/C68H87F3N10O12/c1-40-33-78(49(35-77-25-28-91-38-41(77)2)36-79(40)65(89)93-67(7,8)9)37-56(83)81-39-68(10,51-22-17-44(30-54(51)81)29-43-15-19-47(69)20-16-43)63(87)72-32-55(82)73-48-21-18-46-34-80(59(50(46)31-48)61(85)75-58-52(70)13-12-14-53(58)71)62(86)57(45-23-26-90-27-24-45)74-60(84)42(3)76(11)64(88)92-66(4,5)6/h12-22,30-31,40-42,45,49,57,59H,23-29,32-39H2,1-11H3,(H,72,87)(H,73,82)(H,74,84)(H,75,85)/t40-,41-,42+,49+,57+,59+,68+/m1/s1. The molecule has 0 spiro atoms. The number of carbonyl (C=O) groups is 8. The number of ether oxygens (including phenoxy) is 4. The molecule has 3 saturated heterocycles. The number of fused-ring (bicyclic) bond motifs is 2. The maximum Gasteiger partial charge on any atom is 0.410 e. The van der Waals surface area contributed by atoms with Crippen molar-refractivity contribution in [1.29, 1.82) is 0 Å². The number of hydrogen-bond acceptors (Lipinski definition) is 14. The van der Waals surface area contributed by atoms with Crippen LogP contribution in [0.15, 0.2) is 78.9 Å². The van der Waals surface area contributed by atoms with Crippen molar-refractivity contribution in [2.24, 2.45) is 5.92 Å². The molecule has 4 N–H and O–H groups in total. The van der Waals surface area contributed by atoms with Gasteiger partial charge in [0, 0.05) is 89.0 Å². The zero-order valence-corrected chi connectivity index (χ0v) is 54.9. The van der Waals surface area contributed by atoms with Crippen molar-refractivity contribution in [3.63, 3.8) is 0 Å². The molecule has 9 rings (SSSR count). The van der Waals surface area contributed by atoms with Crippen LogP contribution in [0.1, 0.15) is 116 Å². The van der Waals surface area contributed by atoms with E-state index >= 15 is 18.4 Å². The van der Waals surface area contributed by atoms with Gasteiger partial charge in [0.2, 0.25) is 29.5 Å². The fraction of sp³-hybridized carbons (Fsp3) is 0.529. The van der Waals surface area contributed by atoms with Gasteiger partial charge in [-0.15, -0.1) is 0 Å². The first kappa shape index (κ1) is 69.2. The van der Waals surface area contributed by atoms with Gasteiger partial charge in [-0.05, 0) is 165 Å². The highest BCUT2D eigenvalue weighted by Gasteiger charge is 2.49. The van der Waals surface area contributed by atoms with E-state index < -0.39 is 106 Å². The van der Waals surface area contributed by atoms with Crippen molar-refractivity contribution >= 4 is 64.7 Å². The smallest absolute Gasteiger partial charge is 0.410 e. The number of nitrogens with one attached hydrogen (secondary N) is 4. The van der Waals surface area contributed by atoms with Crippen LogP contribution in [0.2, 0.25) is 0 Å². The van der Waals surface area contributed by atoms with E-state index in [0.29, 0.717) is 75.5 Å². The highest BCUT2D eigenvalue weighted by Crippen LogP contribution is 2.43. The fourth-order valence-corrected chi connectivity index (χ4v) is 12.7. The molecular weight excluding hydrogens is 1210 g/mol. The number of nitrogens with zero attached hydrogens (tertiary/aromatic N) is 6. The normalized spacial score (nSPS) is 21.8. The summed E-state index contributed by atoms with van der Waals surface area (Å²) in [6, 6.07) is 14.7. The van der Waals surface area contributed by atoms with Crippen molar-refractivity contribution in [2.45, 2.75) is 148 Å². The second-order valence-electron chi connectivity index (χ2n) is 27.3. The summed E-state index contributed by atoms with van der Waals surface area (Å²) in [6.45, 7) is 20.2. The highest BCUT2D eigenvalue weighted by atomic mass is 19.1. The zero-order valence-electron chi connectivity index (χ0n) is 54.9. The third-order valence-electron chi connectivity index (χ3n) is 17.9. The Balaban J connectivity index is 0.947. The second-order valence-corrected chi connectivity index (χ2v) is 27.3. The number of halogens is 3. The number of hydrogen-bond donors (Lipinski definition) is 4. The molecule has 5 aliphatic rings. The largest absolute Gasteiger partial charge is 0.444 e. The SMILES string of the molecule is C[C@@H]1COCCN1C[C@H]1CN(C(=O)OC(C)(C)C)[C@H](C)CN1CC(=O)N1C[C@](C)(C(=O)NCC(=O)Nc2ccc3c(c2)[C@@H](C(=O)Nc2c(F)cccc2F)N(C(=O)[C@@H](NC(=O)[C@H](C)N(C)C(=O)OC(C)(C)C)C2CCOCC2)C3)c2ccc(Cc3ccc(F)cc3)cc21. The lowest BCUT2D eigenvalue weighted by Gasteiger charge is -2.47. The first-order valence-corrected chi connectivity index (χ1v) is 31.7. The first-order chi connectivity index (χ1) is 43.9. The Bertz CT molecular complexity index is 3450. The number of piperazine rings is 1. The summed E-state index contributed by atoms with van der Waals surface area (Å²) < 4.78 is 67.2. The van der Waals surface area contributed by atoms with E-state index in [1.54, 1.807) is 61.8 Å². The number of carbonyl (C=O) groups excluding carboxylic acids is 8. The van der Waals surface area contributed by atoms with Crippen molar-refractivity contribution < 1.29 is 70.5 Å². The summed E-state index contributed by atoms with van der Waals surface area (Å²) in [4.78, 5) is 125. The molecular formula is C68H87F3N10O12. The third kappa shape index (κ3) is 16.4. The Kier molecular flexibility index (Phi) is 21.3. The molecule has 7 atom stereocenters. The number of likely N-dealkylation sites (N-methyl/N-ethyl adjacent to an activating group) is 1. The Morgan fingerprint density at radius 2 is 1.45 bits per heavy atom. The quantitative estimate of drug-likeness (QED) is 0.0813. The van der Waals surface area contributed by atoms with Gasteiger partial charge in [0.15, 0.2) is 0 Å². The van der Waals surface area contributed by atoms with E-state index in [1.807, 2.05) is 39.8 Å². The molecule has 8 amide bonds. The molecule has 25 heteroatoms. The van der Waals surface area contributed by atoms with Crippen LogP contribution in [0.4, 0.5) is 39.8 Å². The van der Waals surface area contributed by atoms with E-state index in [9.17, 15) is 33.2 Å². The van der Waals surface area contributed by atoms with Crippen LogP contribution >= 0.6 is 0 Å². The molecule has 0 radical (unpaired) electrons. The summed E-state index contributed by atoms with van der Waals surface area (Å²) in [5.41, 5.74) is -0.379. The Morgan fingerprint density at radius 1 is 0.774 bits per heavy atom. The first-order valence-electron chi connectivity index (χ1n) is 31.7. The number of rotatable bonds is 17. The lowest BCUT2D eigenvalue weighted by atomic mass is 9.83. The number of anilines is 3. The van der Waals surface area contributed by atoms with E-state index in [0.717, 1.165) is 34.2 Å². The Morgan fingerprint density at radius 3 is 2.12 bits per heavy atom. The van der Waals surface area contributed by atoms with Crippen molar-refractivity contribution in [3.05, 3.63) is 124 Å². The average Bonchev–Trinajstić information content (AvgIpc) is 1.61. The van der Waals surface area contributed by atoms with Crippen LogP contribution in [0.5, 0.6) is 0 Å². The van der Waals surface area contributed by atoms with E-state index in [1.165, 1.54) is 43.1 Å². The van der Waals surface area contributed by atoms with Crippen molar-refractivity contribution in [3.8, 4) is 0 Å². The number of benzene rings is 4. The molecule has 0 saturated carbocycles. The van der Waals surface area contributed by atoms with E-state index in [4.69, 9.17) is 18.9 Å². The van der Waals surface area contributed by atoms with Crippen molar-refractivity contribution in [1.82, 2.24) is 35.1 Å². The van der Waals surface area contributed by atoms with Crippen LogP contribution in [0.25, 0.3) is 0 Å². The summed E-state index contributed by atoms with van der Waals surface area (Å²) in [5.74, 6) is -7.02. The molecule has 93 heavy (non-hydrogen) atoms. The molecule has 22 nitrogen and oxygen atoms in total. The van der Waals surface area contributed by atoms with Gasteiger partial charge in [0.1, 0.15) is 52.5 Å². The topological polar surface area (TPSA) is 241 Å². The monoisotopic (exact) mass is 1290 g/mol. The van der Waals surface area contributed by atoms with Gasteiger partial charge in [-0.2, -0.15) is 0 Å². The highest BCUT2D eigenvalue weighted by molar-refractivity contribution is 6.05. The minimum atomic E-state index is -1.57. The maximum absolute atomic E-state index is 15.2. The van der Waals surface area contributed by atoms with Crippen LogP contribution < -0.4 is 26.2 Å². The van der Waals surface area contributed by atoms with Crippen LogP contribution in [-0.4, -0.2) is 193 Å². The fourth-order valence-electron chi connectivity index (χ4n) is 12.7.